The molecule has 3 heterocycles. The van der Waals surface area contributed by atoms with Gasteiger partial charge in [-0.1, -0.05) is 6.07 Å². The maximum absolute atomic E-state index is 14.5. The van der Waals surface area contributed by atoms with E-state index in [0.717, 1.165) is 5.56 Å². The van der Waals surface area contributed by atoms with Crippen LogP contribution in [0.1, 0.15) is 16.8 Å². The summed E-state index contributed by atoms with van der Waals surface area (Å²) in [6.07, 6.45) is 4.10. The summed E-state index contributed by atoms with van der Waals surface area (Å²) in [6, 6.07) is 8.50. The Kier molecular flexibility index (Phi) is 5.25. The average molecular weight is 407 g/mol. The molecular formula is C21H18FN5O3. The summed E-state index contributed by atoms with van der Waals surface area (Å²) in [6.45, 7) is 0.567. The molecule has 2 amide bonds. The number of hydrogen-bond acceptors (Lipinski definition) is 4. The van der Waals surface area contributed by atoms with Gasteiger partial charge < -0.3 is 20.7 Å². The van der Waals surface area contributed by atoms with Crippen molar-refractivity contribution < 1.29 is 19.1 Å². The van der Waals surface area contributed by atoms with Gasteiger partial charge in [-0.25, -0.2) is 14.2 Å². The summed E-state index contributed by atoms with van der Waals surface area (Å²) in [4.78, 5) is 34.2. The topological polar surface area (TPSA) is 120 Å². The quantitative estimate of drug-likeness (QED) is 0.366. The van der Waals surface area contributed by atoms with Crippen LogP contribution in [0.4, 0.5) is 9.18 Å². The molecule has 1 aromatic carbocycles. The molecule has 0 saturated carbocycles. The zero-order valence-corrected chi connectivity index (χ0v) is 15.8. The van der Waals surface area contributed by atoms with Crippen LogP contribution in [0.2, 0.25) is 0 Å². The summed E-state index contributed by atoms with van der Waals surface area (Å²) < 4.78 is 14.5. The van der Waals surface area contributed by atoms with Crippen molar-refractivity contribution in [3.8, 4) is 11.1 Å². The van der Waals surface area contributed by atoms with E-state index in [4.69, 9.17) is 5.11 Å². The lowest BCUT2D eigenvalue weighted by Crippen LogP contribution is -2.29. The van der Waals surface area contributed by atoms with Crippen LogP contribution in [-0.2, 0) is 0 Å². The monoisotopic (exact) mass is 407 g/mol. The van der Waals surface area contributed by atoms with Crippen molar-refractivity contribution >= 4 is 33.9 Å². The number of hydrogen-bond donors (Lipinski definition) is 4. The lowest BCUT2D eigenvalue weighted by atomic mass is 10.0. The van der Waals surface area contributed by atoms with Crippen LogP contribution < -0.4 is 10.6 Å². The highest BCUT2D eigenvalue weighted by atomic mass is 19.1. The number of halogens is 1. The van der Waals surface area contributed by atoms with Crippen molar-refractivity contribution in [1.29, 1.82) is 0 Å². The number of benzene rings is 1. The second-order valence-electron chi connectivity index (χ2n) is 6.70. The zero-order valence-electron chi connectivity index (χ0n) is 15.8. The third kappa shape index (κ3) is 3.90. The minimum atomic E-state index is -1.10. The van der Waals surface area contributed by atoms with Crippen molar-refractivity contribution in [1.82, 2.24) is 25.6 Å². The molecule has 4 rings (SSSR count). The van der Waals surface area contributed by atoms with E-state index >= 15 is 0 Å². The first-order valence-electron chi connectivity index (χ1n) is 9.29. The molecule has 152 valence electrons. The second kappa shape index (κ2) is 8.16. The average Bonchev–Trinajstić information content (AvgIpc) is 3.16. The molecule has 0 aliphatic heterocycles. The van der Waals surface area contributed by atoms with Crippen LogP contribution in [0.5, 0.6) is 0 Å². The number of carbonyl (C=O) groups is 2. The molecule has 0 aliphatic carbocycles. The molecule has 9 heteroatoms. The lowest BCUT2D eigenvalue weighted by molar-refractivity contribution is 0.0953. The fourth-order valence-electron chi connectivity index (χ4n) is 3.26. The number of pyridine rings is 2. The number of carboxylic acid groups (broad SMARTS) is 1. The summed E-state index contributed by atoms with van der Waals surface area (Å²) >= 11 is 0. The van der Waals surface area contributed by atoms with Crippen molar-refractivity contribution in [2.75, 3.05) is 13.1 Å². The van der Waals surface area contributed by atoms with Gasteiger partial charge >= 0.3 is 6.09 Å². The lowest BCUT2D eigenvalue weighted by Gasteiger charge is -2.07. The molecule has 0 aliphatic rings. The number of amides is 2. The zero-order chi connectivity index (χ0) is 21.1. The van der Waals surface area contributed by atoms with E-state index in [1.54, 1.807) is 30.6 Å². The number of fused-ring (bicyclic) bond motifs is 2. The fourth-order valence-corrected chi connectivity index (χ4v) is 3.26. The molecule has 0 fully saturated rings. The molecule has 0 unspecified atom stereocenters. The molecule has 0 atom stereocenters. The molecule has 0 saturated heterocycles. The largest absolute Gasteiger partial charge is 0.465 e. The van der Waals surface area contributed by atoms with Gasteiger partial charge in [0, 0.05) is 48.0 Å². The predicted molar refractivity (Wildman–Crippen MR) is 110 cm³/mol. The Morgan fingerprint density at radius 3 is 2.80 bits per heavy atom. The maximum Gasteiger partial charge on any atom is 0.404 e. The van der Waals surface area contributed by atoms with Crippen LogP contribution >= 0.6 is 0 Å². The molecule has 3 aromatic heterocycles. The van der Waals surface area contributed by atoms with Crippen LogP contribution in [0, 0.1) is 5.82 Å². The number of aromatic nitrogens is 3. The Morgan fingerprint density at radius 1 is 1.13 bits per heavy atom. The number of nitrogens with zero attached hydrogens (tertiary/aromatic N) is 2. The number of rotatable bonds is 6. The van der Waals surface area contributed by atoms with Gasteiger partial charge in [0.25, 0.3) is 5.91 Å². The van der Waals surface area contributed by atoms with Crippen molar-refractivity contribution in [2.24, 2.45) is 0 Å². The van der Waals surface area contributed by atoms with Gasteiger partial charge in [0.1, 0.15) is 17.0 Å². The van der Waals surface area contributed by atoms with E-state index in [1.807, 2.05) is 6.07 Å². The summed E-state index contributed by atoms with van der Waals surface area (Å²) in [5.74, 6) is -0.741. The molecule has 0 bridgehead atoms. The van der Waals surface area contributed by atoms with Gasteiger partial charge in [0.2, 0.25) is 0 Å². The molecule has 4 N–H and O–H groups in total. The van der Waals surface area contributed by atoms with Crippen molar-refractivity contribution in [2.45, 2.75) is 6.42 Å². The fraction of sp³-hybridized carbons (Fsp3) is 0.143. The highest BCUT2D eigenvalue weighted by molar-refractivity contribution is 6.01. The summed E-state index contributed by atoms with van der Waals surface area (Å²) in [5.41, 5.74) is 2.62. The number of aromatic amines is 1. The minimum Gasteiger partial charge on any atom is -0.465 e. The van der Waals surface area contributed by atoms with Gasteiger partial charge in [-0.05, 0) is 36.2 Å². The first-order valence-corrected chi connectivity index (χ1v) is 9.29. The standard InChI is InChI=1S/C21H18FN5O3/c22-17-9-13(7-12-3-1-4-23-18(12)17)16-11-27-19-15(16)8-14(10-26-19)20(28)24-5-2-6-25-21(29)30/h1,3-4,7-11,25H,2,5-6H2,(H,24,28)(H,26,27)(H,29,30). The summed E-state index contributed by atoms with van der Waals surface area (Å²) in [7, 11) is 0. The van der Waals surface area contributed by atoms with Gasteiger partial charge in [-0.2, -0.15) is 0 Å². The maximum atomic E-state index is 14.5. The Bertz CT molecular complexity index is 1250. The molecule has 0 radical (unpaired) electrons. The van der Waals surface area contributed by atoms with Crippen LogP contribution in [0.3, 0.4) is 0 Å². The minimum absolute atomic E-state index is 0.247. The number of nitrogens with one attached hydrogen (secondary N) is 3. The van der Waals surface area contributed by atoms with E-state index in [-0.39, 0.29) is 12.5 Å². The van der Waals surface area contributed by atoms with Crippen molar-refractivity contribution in [3.63, 3.8) is 0 Å². The Labute approximate surface area is 170 Å². The highest BCUT2D eigenvalue weighted by Crippen LogP contribution is 2.31. The van der Waals surface area contributed by atoms with Crippen LogP contribution in [0.15, 0.2) is 48.9 Å². The molecule has 4 aromatic rings. The Morgan fingerprint density at radius 2 is 1.97 bits per heavy atom. The Hall–Kier alpha value is -4.01. The molecule has 0 spiro atoms. The highest BCUT2D eigenvalue weighted by Gasteiger charge is 2.14. The van der Waals surface area contributed by atoms with Gasteiger partial charge in [-0.3, -0.25) is 9.78 Å². The SMILES string of the molecule is O=C(O)NCCCNC(=O)c1cnc2[nH]cc(-c3cc(F)c4ncccc4c3)c2c1. The Balaban J connectivity index is 1.59. The second-order valence-corrected chi connectivity index (χ2v) is 6.70. The predicted octanol–water partition coefficient (Wildman–Crippen LogP) is 3.30. The van der Waals surface area contributed by atoms with E-state index in [0.29, 0.717) is 46.0 Å². The van der Waals surface area contributed by atoms with E-state index < -0.39 is 11.9 Å². The molecule has 8 nitrogen and oxygen atoms in total. The van der Waals surface area contributed by atoms with Gasteiger partial charge in [-0.15, -0.1) is 0 Å². The van der Waals surface area contributed by atoms with Crippen LogP contribution in [0.25, 0.3) is 33.1 Å². The first-order chi connectivity index (χ1) is 14.5. The van der Waals surface area contributed by atoms with E-state index in [1.165, 1.54) is 12.3 Å². The molecular weight excluding hydrogens is 389 g/mol. The smallest absolute Gasteiger partial charge is 0.404 e. The van der Waals surface area contributed by atoms with Gasteiger partial charge in [0.15, 0.2) is 0 Å². The van der Waals surface area contributed by atoms with Crippen molar-refractivity contribution in [3.05, 3.63) is 60.3 Å². The third-order valence-electron chi connectivity index (χ3n) is 4.68. The summed E-state index contributed by atoms with van der Waals surface area (Å²) in [5, 5.41) is 14.9. The normalized spacial score (nSPS) is 11.0. The molecule has 30 heavy (non-hydrogen) atoms. The first kappa shape index (κ1) is 19.3. The van der Waals surface area contributed by atoms with E-state index in [2.05, 4.69) is 25.6 Å². The van der Waals surface area contributed by atoms with Gasteiger partial charge in [0.05, 0.1) is 5.56 Å². The third-order valence-corrected chi connectivity index (χ3v) is 4.68. The van der Waals surface area contributed by atoms with E-state index in [9.17, 15) is 14.0 Å². The number of carbonyl (C=O) groups excluding carboxylic acids is 1. The number of H-pyrrole nitrogens is 1. The van der Waals surface area contributed by atoms with Crippen LogP contribution in [-0.4, -0.2) is 45.1 Å².